The molecule has 394 valence electrons. The molecule has 0 aliphatic rings. The molecule has 0 radical (unpaired) electrons. The molecule has 0 aromatic rings. The van der Waals surface area contributed by atoms with Crippen molar-refractivity contribution in [2.24, 2.45) is 0 Å². The van der Waals surface area contributed by atoms with E-state index in [9.17, 15) is 19.4 Å². The molecule has 0 aromatic heterocycles. The van der Waals surface area contributed by atoms with Crippen molar-refractivity contribution in [3.63, 3.8) is 0 Å². The Hall–Kier alpha value is -0.760. The molecule has 0 heterocycles. The van der Waals surface area contributed by atoms with Gasteiger partial charge in [0.25, 0.3) is 0 Å². The predicted molar refractivity (Wildman–Crippen MR) is 286 cm³/mol. The molecule has 0 aromatic carbocycles. The van der Waals surface area contributed by atoms with Crippen LogP contribution < -0.4 is 5.32 Å². The Bertz CT molecular complexity index is 1080. The Morgan fingerprint density at radius 1 is 0.500 bits per heavy atom. The van der Waals surface area contributed by atoms with Crippen LogP contribution in [0, 0.1) is 0 Å². The summed E-state index contributed by atoms with van der Waals surface area (Å²) in [4.78, 5) is 23.3. The van der Waals surface area contributed by atoms with E-state index in [4.69, 9.17) is 9.05 Å². The number of phosphoric acid groups is 1. The first-order valence-corrected chi connectivity index (χ1v) is 30.5. The van der Waals surface area contributed by atoms with Crippen LogP contribution in [-0.4, -0.2) is 73.4 Å². The van der Waals surface area contributed by atoms with Gasteiger partial charge in [-0.3, -0.25) is 13.8 Å². The fourth-order valence-electron chi connectivity index (χ4n) is 8.93. The minimum atomic E-state index is -4.32. The molecule has 1 amide bonds. The normalized spacial score (nSPS) is 14.0. The van der Waals surface area contributed by atoms with Crippen molar-refractivity contribution >= 4 is 13.7 Å². The molecule has 0 rings (SSSR count). The van der Waals surface area contributed by atoms with Crippen molar-refractivity contribution in [3.05, 3.63) is 12.2 Å². The number of carbonyl (C=O) groups excluding carboxylic acids is 1. The zero-order chi connectivity index (χ0) is 48.5. The van der Waals surface area contributed by atoms with Gasteiger partial charge in [-0.1, -0.05) is 264 Å². The number of nitrogens with zero attached hydrogens (tertiary/aromatic N) is 1. The van der Waals surface area contributed by atoms with Crippen molar-refractivity contribution in [1.29, 1.82) is 0 Å². The second kappa shape index (κ2) is 49.2. The van der Waals surface area contributed by atoms with E-state index < -0.39 is 20.0 Å². The largest absolute Gasteiger partial charge is 0.472 e. The highest BCUT2D eigenvalue weighted by molar-refractivity contribution is 7.47. The number of likely N-dealkylation sites (N-methyl/N-ethyl adjacent to an activating group) is 1. The number of amides is 1. The Morgan fingerprint density at radius 2 is 0.818 bits per heavy atom. The molecule has 66 heavy (non-hydrogen) atoms. The molecule has 3 N–H and O–H groups in total. The van der Waals surface area contributed by atoms with Crippen molar-refractivity contribution in [1.82, 2.24) is 5.32 Å². The highest BCUT2D eigenvalue weighted by Crippen LogP contribution is 2.43. The van der Waals surface area contributed by atoms with Gasteiger partial charge in [0, 0.05) is 6.42 Å². The van der Waals surface area contributed by atoms with Gasteiger partial charge in [0.05, 0.1) is 39.9 Å². The van der Waals surface area contributed by atoms with E-state index in [1.54, 1.807) is 0 Å². The number of nitrogens with one attached hydrogen (secondary N) is 1. The number of hydrogen-bond donors (Lipinski definition) is 3. The Kier molecular flexibility index (Phi) is 48.7. The summed E-state index contributed by atoms with van der Waals surface area (Å²) in [6, 6.07) is -0.762. The molecule has 0 fully saturated rings. The molecule has 3 unspecified atom stereocenters. The standard InChI is InChI=1S/C57H115N2O6P/c1-6-8-10-12-14-16-18-20-22-24-25-26-27-28-29-30-31-32-33-34-35-36-38-40-42-44-46-48-50-56(60)55(54-65-66(62,63)64-53-52-59(3,4)5)58-57(61)51-49-47-45-43-41-39-37-23-21-19-17-15-13-11-9-7-2/h23,37,55-56,60H,6-22,24-36,38-54H2,1-5H3,(H-,58,61,62,63)/p+1/b37-23-. The molecule has 0 bridgehead atoms. The van der Waals surface area contributed by atoms with Crippen LogP contribution in [0.5, 0.6) is 0 Å². The van der Waals surface area contributed by atoms with E-state index >= 15 is 0 Å². The molecular formula is C57H116N2O6P+. The molecule has 0 aliphatic heterocycles. The fourth-order valence-corrected chi connectivity index (χ4v) is 9.66. The van der Waals surface area contributed by atoms with Crippen molar-refractivity contribution < 1.29 is 32.9 Å². The van der Waals surface area contributed by atoms with Gasteiger partial charge in [-0.25, -0.2) is 4.57 Å². The summed E-state index contributed by atoms with van der Waals surface area (Å²) in [5, 5.41) is 14.1. The summed E-state index contributed by atoms with van der Waals surface area (Å²) >= 11 is 0. The first-order valence-electron chi connectivity index (χ1n) is 29.1. The average molecular weight is 957 g/mol. The van der Waals surface area contributed by atoms with Gasteiger partial charge in [-0.05, 0) is 38.5 Å². The topological polar surface area (TPSA) is 105 Å². The minimum Gasteiger partial charge on any atom is -0.391 e. The van der Waals surface area contributed by atoms with E-state index in [0.29, 0.717) is 23.9 Å². The average Bonchev–Trinajstić information content (AvgIpc) is 3.28. The van der Waals surface area contributed by atoms with Crippen molar-refractivity contribution in [2.75, 3.05) is 40.9 Å². The van der Waals surface area contributed by atoms with Crippen LogP contribution in [0.15, 0.2) is 12.2 Å². The number of unbranched alkanes of at least 4 members (excludes halogenated alkanes) is 39. The van der Waals surface area contributed by atoms with Crippen LogP contribution >= 0.6 is 7.82 Å². The van der Waals surface area contributed by atoms with Crippen molar-refractivity contribution in [3.8, 4) is 0 Å². The van der Waals surface area contributed by atoms with E-state index in [0.717, 1.165) is 51.4 Å². The Balaban J connectivity index is 4.09. The third-order valence-electron chi connectivity index (χ3n) is 13.5. The van der Waals surface area contributed by atoms with Crippen LogP contribution in [0.3, 0.4) is 0 Å². The summed E-state index contributed by atoms with van der Waals surface area (Å²) in [6.07, 6.45) is 59.9. The second-order valence-electron chi connectivity index (χ2n) is 21.4. The summed E-state index contributed by atoms with van der Waals surface area (Å²) in [5.74, 6) is -0.148. The maximum atomic E-state index is 13.0. The number of aliphatic hydroxyl groups excluding tert-OH is 1. The second-order valence-corrected chi connectivity index (χ2v) is 22.8. The number of hydrogen-bond acceptors (Lipinski definition) is 5. The number of phosphoric ester groups is 1. The van der Waals surface area contributed by atoms with Gasteiger partial charge in [0.2, 0.25) is 5.91 Å². The molecule has 0 saturated heterocycles. The summed E-state index contributed by atoms with van der Waals surface area (Å²) in [5.41, 5.74) is 0. The molecule has 0 saturated carbocycles. The SMILES string of the molecule is CCCCCCCCC/C=C\CCCCCCCC(=O)NC(COP(=O)(O)OCC[N+](C)(C)C)C(O)CCCCCCCCCCCCCCCCCCCCCCCCCCCCCC. The monoisotopic (exact) mass is 956 g/mol. The van der Waals surface area contributed by atoms with E-state index in [-0.39, 0.29) is 19.1 Å². The molecule has 0 spiro atoms. The number of quaternary nitrogens is 1. The fraction of sp³-hybridized carbons (Fsp3) is 0.947. The highest BCUT2D eigenvalue weighted by Gasteiger charge is 2.28. The zero-order valence-electron chi connectivity index (χ0n) is 45.0. The molecule has 0 aliphatic carbocycles. The summed E-state index contributed by atoms with van der Waals surface area (Å²) in [7, 11) is 1.62. The molecular weight excluding hydrogens is 840 g/mol. The Morgan fingerprint density at radius 3 is 1.17 bits per heavy atom. The van der Waals surface area contributed by atoms with E-state index in [1.165, 1.54) is 218 Å². The van der Waals surface area contributed by atoms with Gasteiger partial charge in [0.15, 0.2) is 0 Å². The van der Waals surface area contributed by atoms with E-state index in [1.807, 2.05) is 21.1 Å². The third-order valence-corrected chi connectivity index (χ3v) is 14.5. The van der Waals surface area contributed by atoms with Crippen LogP contribution in [0.1, 0.15) is 296 Å². The lowest BCUT2D eigenvalue weighted by molar-refractivity contribution is -0.870. The maximum Gasteiger partial charge on any atom is 0.472 e. The van der Waals surface area contributed by atoms with Crippen molar-refractivity contribution in [2.45, 2.75) is 309 Å². The number of rotatable bonds is 54. The van der Waals surface area contributed by atoms with Crippen LogP contribution in [0.4, 0.5) is 0 Å². The third kappa shape index (κ3) is 51.1. The smallest absolute Gasteiger partial charge is 0.391 e. The first-order chi connectivity index (χ1) is 32.0. The van der Waals surface area contributed by atoms with Gasteiger partial charge in [-0.15, -0.1) is 0 Å². The van der Waals surface area contributed by atoms with Gasteiger partial charge >= 0.3 is 7.82 Å². The lowest BCUT2D eigenvalue weighted by Crippen LogP contribution is -2.46. The predicted octanol–water partition coefficient (Wildman–Crippen LogP) is 17.4. The number of aliphatic hydroxyl groups is 1. The quantitative estimate of drug-likeness (QED) is 0.0243. The zero-order valence-corrected chi connectivity index (χ0v) is 45.9. The molecule has 8 nitrogen and oxygen atoms in total. The van der Waals surface area contributed by atoms with Gasteiger partial charge in [-0.2, -0.15) is 0 Å². The molecule has 9 heteroatoms. The summed E-state index contributed by atoms with van der Waals surface area (Å²) < 4.78 is 23.8. The van der Waals surface area contributed by atoms with E-state index in [2.05, 4.69) is 31.3 Å². The number of carbonyl (C=O) groups is 1. The van der Waals surface area contributed by atoms with Crippen LogP contribution in [-0.2, 0) is 18.4 Å². The van der Waals surface area contributed by atoms with Crippen LogP contribution in [0.25, 0.3) is 0 Å². The molecule has 3 atom stereocenters. The summed E-state index contributed by atoms with van der Waals surface area (Å²) in [6.45, 7) is 4.92. The Labute approximate surface area is 412 Å². The van der Waals surface area contributed by atoms with Gasteiger partial charge < -0.3 is 19.8 Å². The maximum absolute atomic E-state index is 13.0. The first kappa shape index (κ1) is 65.2. The lowest BCUT2D eigenvalue weighted by atomic mass is 10.0. The van der Waals surface area contributed by atoms with Gasteiger partial charge in [0.1, 0.15) is 13.2 Å². The van der Waals surface area contributed by atoms with Crippen LogP contribution in [0.2, 0.25) is 0 Å². The highest BCUT2D eigenvalue weighted by atomic mass is 31.2. The minimum absolute atomic E-state index is 0.0754. The lowest BCUT2D eigenvalue weighted by Gasteiger charge is -2.26. The number of allylic oxidation sites excluding steroid dienone is 2.